The molecule has 0 saturated carbocycles. The first kappa shape index (κ1) is 12.6. The van der Waals surface area contributed by atoms with Crippen LogP contribution in [0.2, 0.25) is 0 Å². The van der Waals surface area contributed by atoms with Crippen LogP contribution in [0.15, 0.2) is 46.9 Å². The Morgan fingerprint density at radius 3 is 2.50 bits per heavy atom. The fraction of sp³-hybridized carbons (Fsp3) is 0.0714. The molecule has 0 aliphatic rings. The van der Waals surface area contributed by atoms with Gasteiger partial charge in [-0.2, -0.15) is 5.26 Å². The Kier molecular flexibility index (Phi) is 3.98. The molecular formula is C14H10BrNO2. The Morgan fingerprint density at radius 2 is 1.89 bits per heavy atom. The Bertz CT molecular complexity index is 588. The lowest BCUT2D eigenvalue weighted by Gasteiger charge is -2.09. The molecule has 3 nitrogen and oxygen atoms in total. The molecule has 2 aromatic rings. The van der Waals surface area contributed by atoms with Crippen molar-refractivity contribution in [3.63, 3.8) is 0 Å². The minimum absolute atomic E-state index is 0.0307. The van der Waals surface area contributed by atoms with E-state index < -0.39 is 0 Å². The third-order valence-electron chi connectivity index (χ3n) is 2.39. The van der Waals surface area contributed by atoms with Crippen molar-refractivity contribution in [2.45, 2.75) is 6.61 Å². The van der Waals surface area contributed by atoms with Crippen LogP contribution in [0.5, 0.6) is 11.5 Å². The van der Waals surface area contributed by atoms with Gasteiger partial charge in [0.05, 0.1) is 22.7 Å². The third-order valence-corrected chi connectivity index (χ3v) is 3.04. The van der Waals surface area contributed by atoms with Gasteiger partial charge in [0.25, 0.3) is 0 Å². The number of nitriles is 1. The van der Waals surface area contributed by atoms with E-state index in [2.05, 4.69) is 15.9 Å². The number of nitrogens with zero attached hydrogens (tertiary/aromatic N) is 1. The van der Waals surface area contributed by atoms with Crippen LogP contribution in [0, 0.1) is 11.3 Å². The van der Waals surface area contributed by atoms with Gasteiger partial charge in [-0.05, 0) is 57.9 Å². The van der Waals surface area contributed by atoms with E-state index in [0.717, 1.165) is 10.0 Å². The minimum Gasteiger partial charge on any atom is -0.456 e. The number of rotatable bonds is 3. The second-order valence-corrected chi connectivity index (χ2v) is 4.52. The van der Waals surface area contributed by atoms with Crippen LogP contribution < -0.4 is 4.74 Å². The molecule has 0 saturated heterocycles. The lowest BCUT2D eigenvalue weighted by molar-refractivity contribution is 0.281. The molecule has 4 heteroatoms. The van der Waals surface area contributed by atoms with Gasteiger partial charge in [-0.3, -0.25) is 0 Å². The van der Waals surface area contributed by atoms with Gasteiger partial charge >= 0.3 is 0 Å². The highest BCUT2D eigenvalue weighted by atomic mass is 79.9. The summed E-state index contributed by atoms with van der Waals surface area (Å²) < 4.78 is 6.49. The standard InChI is InChI=1S/C14H10BrNO2/c15-13-6-3-11(9-17)7-14(13)18-12-4-1-10(8-16)2-5-12/h1-7,17H,9H2. The Hall–Kier alpha value is -1.83. The molecule has 0 fully saturated rings. The molecule has 1 N–H and O–H groups in total. The van der Waals surface area contributed by atoms with Crippen LogP contribution in [0.3, 0.4) is 0 Å². The summed E-state index contributed by atoms with van der Waals surface area (Å²) in [6, 6.07) is 14.3. The van der Waals surface area contributed by atoms with Crippen molar-refractivity contribution in [1.82, 2.24) is 0 Å². The summed E-state index contributed by atoms with van der Waals surface area (Å²) in [5, 5.41) is 17.8. The van der Waals surface area contributed by atoms with E-state index in [1.807, 2.05) is 18.2 Å². The summed E-state index contributed by atoms with van der Waals surface area (Å²) in [7, 11) is 0. The van der Waals surface area contributed by atoms with Crippen molar-refractivity contribution in [3.05, 3.63) is 58.1 Å². The highest BCUT2D eigenvalue weighted by Crippen LogP contribution is 2.30. The molecule has 2 aromatic carbocycles. The zero-order chi connectivity index (χ0) is 13.0. The summed E-state index contributed by atoms with van der Waals surface area (Å²) >= 11 is 3.39. The molecule has 0 aliphatic heterocycles. The Morgan fingerprint density at radius 1 is 1.17 bits per heavy atom. The van der Waals surface area contributed by atoms with Crippen LogP contribution in [-0.4, -0.2) is 5.11 Å². The van der Waals surface area contributed by atoms with E-state index in [9.17, 15) is 0 Å². The highest BCUT2D eigenvalue weighted by Gasteiger charge is 2.04. The van der Waals surface area contributed by atoms with Crippen LogP contribution >= 0.6 is 15.9 Å². The van der Waals surface area contributed by atoms with E-state index in [4.69, 9.17) is 15.1 Å². The average molecular weight is 304 g/mol. The second-order valence-electron chi connectivity index (χ2n) is 3.66. The first-order chi connectivity index (χ1) is 8.72. The summed E-state index contributed by atoms with van der Waals surface area (Å²) in [6.07, 6.45) is 0. The Balaban J connectivity index is 2.25. The topological polar surface area (TPSA) is 53.2 Å². The molecule has 0 atom stereocenters. The van der Waals surface area contributed by atoms with Crippen LogP contribution in [-0.2, 0) is 6.61 Å². The van der Waals surface area contributed by atoms with Gasteiger partial charge in [0.2, 0.25) is 0 Å². The number of aliphatic hydroxyl groups excluding tert-OH is 1. The number of halogens is 1. The SMILES string of the molecule is N#Cc1ccc(Oc2cc(CO)ccc2Br)cc1. The molecule has 0 amide bonds. The fourth-order valence-electron chi connectivity index (χ4n) is 1.45. The van der Waals surface area contributed by atoms with E-state index in [0.29, 0.717) is 17.1 Å². The van der Waals surface area contributed by atoms with Gasteiger partial charge in [0.15, 0.2) is 0 Å². The number of benzene rings is 2. The molecule has 0 spiro atoms. The number of ether oxygens (including phenoxy) is 1. The predicted octanol–water partition coefficient (Wildman–Crippen LogP) is 3.61. The molecule has 18 heavy (non-hydrogen) atoms. The van der Waals surface area contributed by atoms with E-state index >= 15 is 0 Å². The number of hydrogen-bond acceptors (Lipinski definition) is 3. The van der Waals surface area contributed by atoms with Crippen molar-refractivity contribution < 1.29 is 9.84 Å². The molecule has 0 aromatic heterocycles. The molecule has 2 rings (SSSR count). The Labute approximate surface area is 113 Å². The smallest absolute Gasteiger partial charge is 0.141 e. The molecule has 0 bridgehead atoms. The normalized spacial score (nSPS) is 9.83. The zero-order valence-electron chi connectivity index (χ0n) is 9.43. The summed E-state index contributed by atoms with van der Waals surface area (Å²) in [5.41, 5.74) is 1.37. The van der Waals surface area contributed by atoms with Crippen molar-refractivity contribution >= 4 is 15.9 Å². The van der Waals surface area contributed by atoms with E-state index in [1.165, 1.54) is 0 Å². The van der Waals surface area contributed by atoms with Gasteiger partial charge in [-0.25, -0.2) is 0 Å². The maximum atomic E-state index is 9.08. The van der Waals surface area contributed by atoms with Crippen LogP contribution in [0.4, 0.5) is 0 Å². The molecule has 0 heterocycles. The van der Waals surface area contributed by atoms with Crippen molar-refractivity contribution in [1.29, 1.82) is 5.26 Å². The molecule has 90 valence electrons. The quantitative estimate of drug-likeness (QED) is 0.942. The number of aliphatic hydroxyl groups is 1. The highest BCUT2D eigenvalue weighted by molar-refractivity contribution is 9.10. The van der Waals surface area contributed by atoms with Crippen molar-refractivity contribution in [2.24, 2.45) is 0 Å². The predicted molar refractivity (Wildman–Crippen MR) is 71.3 cm³/mol. The summed E-state index contributed by atoms with van der Waals surface area (Å²) in [6.45, 7) is -0.0307. The van der Waals surface area contributed by atoms with Crippen molar-refractivity contribution in [3.8, 4) is 17.6 Å². The van der Waals surface area contributed by atoms with Gasteiger partial charge in [-0.1, -0.05) is 6.07 Å². The molecule has 0 unspecified atom stereocenters. The van der Waals surface area contributed by atoms with E-state index in [-0.39, 0.29) is 6.61 Å². The van der Waals surface area contributed by atoms with Gasteiger partial charge in [0, 0.05) is 0 Å². The summed E-state index contributed by atoms with van der Waals surface area (Å²) in [5.74, 6) is 1.27. The third kappa shape index (κ3) is 2.89. The van der Waals surface area contributed by atoms with E-state index in [1.54, 1.807) is 30.3 Å². The molecule has 0 aliphatic carbocycles. The van der Waals surface area contributed by atoms with Crippen molar-refractivity contribution in [2.75, 3.05) is 0 Å². The largest absolute Gasteiger partial charge is 0.456 e. The maximum Gasteiger partial charge on any atom is 0.141 e. The lowest BCUT2D eigenvalue weighted by atomic mass is 10.2. The lowest BCUT2D eigenvalue weighted by Crippen LogP contribution is -1.89. The average Bonchev–Trinajstić information content (AvgIpc) is 2.42. The van der Waals surface area contributed by atoms with Gasteiger partial charge in [0.1, 0.15) is 11.5 Å². The minimum atomic E-state index is -0.0307. The summed E-state index contributed by atoms with van der Waals surface area (Å²) in [4.78, 5) is 0. The zero-order valence-corrected chi connectivity index (χ0v) is 11.0. The first-order valence-corrected chi connectivity index (χ1v) is 6.09. The van der Waals surface area contributed by atoms with Crippen LogP contribution in [0.1, 0.15) is 11.1 Å². The maximum absolute atomic E-state index is 9.08. The monoisotopic (exact) mass is 303 g/mol. The molecule has 0 radical (unpaired) electrons. The van der Waals surface area contributed by atoms with Gasteiger partial charge in [-0.15, -0.1) is 0 Å². The number of hydrogen-bond donors (Lipinski definition) is 1. The van der Waals surface area contributed by atoms with Crippen LogP contribution in [0.25, 0.3) is 0 Å². The second kappa shape index (κ2) is 5.67. The van der Waals surface area contributed by atoms with Gasteiger partial charge < -0.3 is 9.84 Å². The first-order valence-electron chi connectivity index (χ1n) is 5.30. The molecular weight excluding hydrogens is 294 g/mol. The fourth-order valence-corrected chi connectivity index (χ4v) is 1.78.